The van der Waals surface area contributed by atoms with Gasteiger partial charge in [-0.2, -0.15) is 5.10 Å². The molecule has 1 N–H and O–H groups in total. The molecular weight excluding hydrogens is 292 g/mol. The normalized spacial score (nSPS) is 11.8. The summed E-state index contributed by atoms with van der Waals surface area (Å²) in [4.78, 5) is 26.2. The Labute approximate surface area is 136 Å². The minimum atomic E-state index is -0.401. The van der Waals surface area contributed by atoms with Gasteiger partial charge in [-0.15, -0.1) is 0 Å². The Morgan fingerprint density at radius 2 is 1.87 bits per heavy atom. The molecular formula is C17H22N4O2. The van der Waals surface area contributed by atoms with Crippen molar-refractivity contribution in [3.05, 3.63) is 48.3 Å². The van der Waals surface area contributed by atoms with Gasteiger partial charge < -0.3 is 10.2 Å². The number of anilines is 1. The highest BCUT2D eigenvalue weighted by molar-refractivity contribution is 5.96. The van der Waals surface area contributed by atoms with Gasteiger partial charge in [0.1, 0.15) is 6.04 Å². The number of amides is 2. The van der Waals surface area contributed by atoms with Crippen LogP contribution in [0.15, 0.2) is 42.7 Å². The zero-order valence-electron chi connectivity index (χ0n) is 13.7. The summed E-state index contributed by atoms with van der Waals surface area (Å²) in [7, 11) is 0. The third-order valence-electron chi connectivity index (χ3n) is 3.75. The van der Waals surface area contributed by atoms with Crippen molar-refractivity contribution in [3.63, 3.8) is 0 Å². The van der Waals surface area contributed by atoms with Crippen molar-refractivity contribution in [3.8, 4) is 0 Å². The third kappa shape index (κ3) is 3.97. The van der Waals surface area contributed by atoms with Crippen LogP contribution in [-0.2, 0) is 4.79 Å². The lowest BCUT2D eigenvalue weighted by Gasteiger charge is -2.18. The zero-order chi connectivity index (χ0) is 16.8. The van der Waals surface area contributed by atoms with Crippen molar-refractivity contribution >= 4 is 17.5 Å². The predicted molar refractivity (Wildman–Crippen MR) is 89.3 cm³/mol. The van der Waals surface area contributed by atoms with Gasteiger partial charge in [-0.3, -0.25) is 14.3 Å². The second-order valence-electron chi connectivity index (χ2n) is 5.21. The predicted octanol–water partition coefficient (Wildman–Crippen LogP) is 2.56. The molecule has 6 heteroatoms. The van der Waals surface area contributed by atoms with Crippen LogP contribution in [0.3, 0.4) is 0 Å². The van der Waals surface area contributed by atoms with Crippen LogP contribution in [0.1, 0.15) is 37.2 Å². The minimum Gasteiger partial charge on any atom is -0.339 e. The molecule has 0 saturated heterocycles. The minimum absolute atomic E-state index is 0.00205. The lowest BCUT2D eigenvalue weighted by molar-refractivity contribution is -0.119. The van der Waals surface area contributed by atoms with E-state index in [9.17, 15) is 9.59 Å². The van der Waals surface area contributed by atoms with Crippen molar-refractivity contribution in [1.29, 1.82) is 0 Å². The summed E-state index contributed by atoms with van der Waals surface area (Å²) in [6, 6.07) is 8.32. The molecule has 0 aliphatic rings. The van der Waals surface area contributed by atoms with Gasteiger partial charge in [0.2, 0.25) is 5.91 Å². The van der Waals surface area contributed by atoms with Gasteiger partial charge in [0, 0.05) is 36.7 Å². The zero-order valence-corrected chi connectivity index (χ0v) is 13.7. The second-order valence-corrected chi connectivity index (χ2v) is 5.21. The largest absolute Gasteiger partial charge is 0.339 e. The Morgan fingerprint density at radius 1 is 1.22 bits per heavy atom. The molecule has 1 heterocycles. The van der Waals surface area contributed by atoms with Gasteiger partial charge in [-0.25, -0.2) is 0 Å². The number of rotatable bonds is 6. The molecule has 2 aromatic rings. The molecule has 0 aliphatic carbocycles. The lowest BCUT2D eigenvalue weighted by atomic mass is 10.1. The van der Waals surface area contributed by atoms with Crippen LogP contribution >= 0.6 is 0 Å². The number of benzene rings is 1. The van der Waals surface area contributed by atoms with E-state index in [1.54, 1.807) is 59.2 Å². The molecule has 122 valence electrons. The number of nitrogens with zero attached hydrogens (tertiary/aromatic N) is 3. The molecule has 2 rings (SSSR count). The van der Waals surface area contributed by atoms with E-state index in [0.29, 0.717) is 24.3 Å². The van der Waals surface area contributed by atoms with Crippen LogP contribution in [0.2, 0.25) is 0 Å². The van der Waals surface area contributed by atoms with E-state index in [2.05, 4.69) is 10.4 Å². The standard InChI is InChI=1S/C17H22N4O2/c1-4-20(5-2)17(23)14-7-9-15(10-8-14)19-16(22)13(3)21-12-6-11-18-21/h6-13H,4-5H2,1-3H3,(H,19,22). The van der Waals surface area contributed by atoms with Crippen molar-refractivity contribution < 1.29 is 9.59 Å². The first-order valence-corrected chi connectivity index (χ1v) is 7.76. The summed E-state index contributed by atoms with van der Waals surface area (Å²) in [6.07, 6.45) is 3.38. The molecule has 0 radical (unpaired) electrons. The van der Waals surface area contributed by atoms with E-state index in [1.807, 2.05) is 13.8 Å². The molecule has 2 amide bonds. The number of aromatic nitrogens is 2. The fourth-order valence-corrected chi connectivity index (χ4v) is 2.27. The summed E-state index contributed by atoms with van der Waals surface area (Å²) in [5, 5.41) is 6.89. The smallest absolute Gasteiger partial charge is 0.253 e. The van der Waals surface area contributed by atoms with Gasteiger partial charge in [-0.1, -0.05) is 0 Å². The lowest BCUT2D eigenvalue weighted by Crippen LogP contribution is -2.30. The number of nitrogens with one attached hydrogen (secondary N) is 1. The van der Waals surface area contributed by atoms with Gasteiger partial charge in [-0.05, 0) is 51.1 Å². The average molecular weight is 314 g/mol. The summed E-state index contributed by atoms with van der Waals surface area (Å²) in [5.41, 5.74) is 1.27. The van der Waals surface area contributed by atoms with Crippen LogP contribution in [-0.4, -0.2) is 39.6 Å². The first kappa shape index (κ1) is 16.7. The van der Waals surface area contributed by atoms with Gasteiger partial charge in [0.05, 0.1) is 0 Å². The molecule has 0 aliphatic heterocycles. The second kappa shape index (κ2) is 7.58. The first-order chi connectivity index (χ1) is 11.1. The summed E-state index contributed by atoms with van der Waals surface area (Å²) < 4.78 is 1.59. The molecule has 1 atom stereocenters. The van der Waals surface area contributed by atoms with E-state index in [1.165, 1.54) is 0 Å². The summed E-state index contributed by atoms with van der Waals surface area (Å²) in [6.45, 7) is 7.03. The molecule has 6 nitrogen and oxygen atoms in total. The third-order valence-corrected chi connectivity index (χ3v) is 3.75. The van der Waals surface area contributed by atoms with E-state index < -0.39 is 6.04 Å². The molecule has 1 unspecified atom stereocenters. The van der Waals surface area contributed by atoms with E-state index in [4.69, 9.17) is 0 Å². The molecule has 0 spiro atoms. The highest BCUT2D eigenvalue weighted by Crippen LogP contribution is 2.14. The van der Waals surface area contributed by atoms with Crippen molar-refractivity contribution in [1.82, 2.24) is 14.7 Å². The van der Waals surface area contributed by atoms with E-state index in [0.717, 1.165) is 0 Å². The van der Waals surface area contributed by atoms with Gasteiger partial charge in [0.15, 0.2) is 0 Å². The van der Waals surface area contributed by atoms with Crippen LogP contribution in [0, 0.1) is 0 Å². The SMILES string of the molecule is CCN(CC)C(=O)c1ccc(NC(=O)C(C)n2cccn2)cc1. The average Bonchev–Trinajstić information content (AvgIpc) is 3.10. The monoisotopic (exact) mass is 314 g/mol. The molecule has 0 bridgehead atoms. The number of carbonyl (C=O) groups is 2. The van der Waals surface area contributed by atoms with E-state index >= 15 is 0 Å². The number of hydrogen-bond acceptors (Lipinski definition) is 3. The molecule has 1 aromatic heterocycles. The number of hydrogen-bond donors (Lipinski definition) is 1. The summed E-state index contributed by atoms with van der Waals surface area (Å²) in [5.74, 6) is -0.158. The molecule has 0 fully saturated rings. The van der Waals surface area contributed by atoms with Crippen molar-refractivity contribution in [2.24, 2.45) is 0 Å². The molecule has 1 aromatic carbocycles. The van der Waals surface area contributed by atoms with Crippen LogP contribution in [0.4, 0.5) is 5.69 Å². The summed E-state index contributed by atoms with van der Waals surface area (Å²) >= 11 is 0. The van der Waals surface area contributed by atoms with Crippen LogP contribution < -0.4 is 5.32 Å². The molecule has 23 heavy (non-hydrogen) atoms. The highest BCUT2D eigenvalue weighted by Gasteiger charge is 2.16. The van der Waals surface area contributed by atoms with Gasteiger partial charge in [0.25, 0.3) is 5.91 Å². The topological polar surface area (TPSA) is 67.2 Å². The fourth-order valence-electron chi connectivity index (χ4n) is 2.27. The van der Waals surface area contributed by atoms with Crippen molar-refractivity contribution in [2.45, 2.75) is 26.8 Å². The highest BCUT2D eigenvalue weighted by atomic mass is 16.2. The first-order valence-electron chi connectivity index (χ1n) is 7.76. The Balaban J connectivity index is 2.02. The fraction of sp³-hybridized carbons (Fsp3) is 0.353. The van der Waals surface area contributed by atoms with E-state index in [-0.39, 0.29) is 11.8 Å². The maximum absolute atomic E-state index is 12.2. The van der Waals surface area contributed by atoms with Crippen LogP contribution in [0.5, 0.6) is 0 Å². The maximum atomic E-state index is 12.2. The molecule has 0 saturated carbocycles. The Kier molecular flexibility index (Phi) is 5.51. The van der Waals surface area contributed by atoms with Crippen LogP contribution in [0.25, 0.3) is 0 Å². The van der Waals surface area contributed by atoms with Gasteiger partial charge >= 0.3 is 0 Å². The Bertz CT molecular complexity index is 646. The Hall–Kier alpha value is -2.63. The maximum Gasteiger partial charge on any atom is 0.253 e. The number of carbonyl (C=O) groups excluding carboxylic acids is 2. The quantitative estimate of drug-likeness (QED) is 0.891. The van der Waals surface area contributed by atoms with Crippen molar-refractivity contribution in [2.75, 3.05) is 18.4 Å². The Morgan fingerprint density at radius 3 is 2.39 bits per heavy atom.